The predicted octanol–water partition coefficient (Wildman–Crippen LogP) is 7.26. The highest BCUT2D eigenvalue weighted by molar-refractivity contribution is 6.02. The van der Waals surface area contributed by atoms with Crippen LogP contribution in [0, 0.1) is 5.41 Å². The third-order valence-corrected chi connectivity index (χ3v) is 6.64. The highest BCUT2D eigenvalue weighted by Crippen LogP contribution is 2.32. The van der Waals surface area contributed by atoms with Crippen molar-refractivity contribution in [3.05, 3.63) is 125 Å². The molecule has 0 aromatic heterocycles. The Morgan fingerprint density at radius 1 is 0.707 bits per heavy atom. The van der Waals surface area contributed by atoms with Gasteiger partial charge in [-0.2, -0.15) is 0 Å². The van der Waals surface area contributed by atoms with Crippen LogP contribution in [0.4, 0.5) is 0 Å². The van der Waals surface area contributed by atoms with Gasteiger partial charge in [0.1, 0.15) is 29.5 Å². The maximum absolute atomic E-state index is 14.2. The van der Waals surface area contributed by atoms with E-state index in [0.717, 1.165) is 16.7 Å². The van der Waals surface area contributed by atoms with Crippen LogP contribution in [0.3, 0.4) is 0 Å². The number of methoxy groups -OCH3 is 2. The lowest BCUT2D eigenvalue weighted by Gasteiger charge is -2.26. The molecule has 0 aliphatic carbocycles. The summed E-state index contributed by atoms with van der Waals surface area (Å²) >= 11 is 0. The minimum atomic E-state index is -0.871. The van der Waals surface area contributed by atoms with Crippen LogP contribution in [0.5, 0.6) is 17.2 Å². The average Bonchev–Trinajstić information content (AvgIpc) is 2.99. The number of rotatable bonds is 11. The van der Waals surface area contributed by atoms with E-state index in [-0.39, 0.29) is 18.2 Å². The van der Waals surface area contributed by atoms with E-state index in [1.54, 1.807) is 58.2 Å². The summed E-state index contributed by atoms with van der Waals surface area (Å²) in [5, 5.41) is 0. The number of carbonyl (C=O) groups excluding carboxylic acids is 2. The van der Waals surface area contributed by atoms with E-state index in [9.17, 15) is 9.59 Å². The molecule has 4 rings (SSSR count). The Hall–Kier alpha value is -4.42. The second-order valence-corrected chi connectivity index (χ2v) is 10.7. The van der Waals surface area contributed by atoms with Gasteiger partial charge in [-0.25, -0.2) is 0 Å². The number of ether oxygens (including phenoxy) is 4. The van der Waals surface area contributed by atoms with Gasteiger partial charge < -0.3 is 18.9 Å². The lowest BCUT2D eigenvalue weighted by molar-refractivity contribution is -0.143. The molecular weight excluding hydrogens is 516 g/mol. The molecule has 1 atom stereocenters. The summed E-state index contributed by atoms with van der Waals surface area (Å²) in [6.45, 7) is 5.42. The molecule has 0 aliphatic heterocycles. The van der Waals surface area contributed by atoms with Crippen LogP contribution in [0.1, 0.15) is 53.9 Å². The molecule has 0 unspecified atom stereocenters. The number of ketones is 1. The van der Waals surface area contributed by atoms with Gasteiger partial charge in [0.05, 0.1) is 25.2 Å². The number of carbonyl (C=O) groups is 2. The third-order valence-electron chi connectivity index (χ3n) is 6.64. The zero-order chi connectivity index (χ0) is 29.4. The van der Waals surface area contributed by atoms with Crippen LogP contribution in [0.15, 0.2) is 103 Å². The zero-order valence-electron chi connectivity index (χ0n) is 24.1. The van der Waals surface area contributed by atoms with Crippen molar-refractivity contribution in [1.82, 2.24) is 0 Å². The molecule has 6 nitrogen and oxygen atoms in total. The van der Waals surface area contributed by atoms with Gasteiger partial charge in [0.2, 0.25) is 0 Å². The van der Waals surface area contributed by atoms with Crippen molar-refractivity contribution in [2.24, 2.45) is 5.41 Å². The summed E-state index contributed by atoms with van der Waals surface area (Å²) in [4.78, 5) is 26.5. The van der Waals surface area contributed by atoms with Crippen molar-refractivity contribution >= 4 is 11.8 Å². The Kier molecular flexibility index (Phi) is 9.58. The summed E-state index contributed by atoms with van der Waals surface area (Å²) in [5.74, 6) is 0.866. The molecular formula is C35H36O6. The first-order chi connectivity index (χ1) is 19.7. The van der Waals surface area contributed by atoms with Gasteiger partial charge in [-0.15, -0.1) is 0 Å². The largest absolute Gasteiger partial charge is 0.497 e. The van der Waals surface area contributed by atoms with Crippen molar-refractivity contribution in [3.8, 4) is 17.2 Å². The lowest BCUT2D eigenvalue weighted by Crippen LogP contribution is -2.30. The van der Waals surface area contributed by atoms with Crippen LogP contribution in [-0.2, 0) is 16.0 Å². The Bertz CT molecular complexity index is 1400. The second-order valence-electron chi connectivity index (χ2n) is 10.7. The van der Waals surface area contributed by atoms with Crippen LogP contribution in [-0.4, -0.2) is 32.1 Å². The lowest BCUT2D eigenvalue weighted by atomic mass is 9.96. The molecule has 0 aliphatic rings. The standard InChI is InChI=1S/C35H36O6/c1-35(2,3)34(37)40-27-18-16-24(17-19-27)22-31(32(36)29-23-28(38-4)20-21-30(29)39-5)41-33(25-12-8-6-9-13-25)26-14-10-7-11-15-26/h6-21,23,31,33H,22H2,1-5H3/t31-/m1/s1. The summed E-state index contributed by atoms with van der Waals surface area (Å²) in [6, 6.07) is 32.0. The normalized spacial score (nSPS) is 12.0. The number of benzene rings is 4. The van der Waals surface area contributed by atoms with Crippen LogP contribution in [0.25, 0.3) is 0 Å². The van der Waals surface area contributed by atoms with Gasteiger partial charge >= 0.3 is 5.97 Å². The van der Waals surface area contributed by atoms with E-state index in [4.69, 9.17) is 18.9 Å². The number of hydrogen-bond donors (Lipinski definition) is 0. The SMILES string of the molecule is COc1ccc(OC)c(C(=O)[C@@H](Cc2ccc(OC(=O)C(C)(C)C)cc2)OC(c2ccccc2)c2ccccc2)c1. The fourth-order valence-corrected chi connectivity index (χ4v) is 4.32. The average molecular weight is 553 g/mol. The molecule has 0 amide bonds. The van der Waals surface area contributed by atoms with E-state index < -0.39 is 17.6 Å². The van der Waals surface area contributed by atoms with Crippen LogP contribution < -0.4 is 14.2 Å². The van der Waals surface area contributed by atoms with Gasteiger partial charge in [0, 0.05) is 6.42 Å². The molecule has 6 heteroatoms. The molecule has 4 aromatic rings. The number of Topliss-reactive ketones (excluding diaryl/α,β-unsaturated/α-hetero) is 1. The van der Waals surface area contributed by atoms with Gasteiger partial charge in [-0.05, 0) is 67.8 Å². The van der Waals surface area contributed by atoms with E-state index in [1.807, 2.05) is 72.8 Å². The zero-order valence-corrected chi connectivity index (χ0v) is 24.1. The topological polar surface area (TPSA) is 71.1 Å². The molecule has 0 radical (unpaired) electrons. The quantitative estimate of drug-likeness (QED) is 0.111. The van der Waals surface area contributed by atoms with Crippen molar-refractivity contribution < 1.29 is 28.5 Å². The van der Waals surface area contributed by atoms with E-state index >= 15 is 0 Å². The molecule has 0 saturated carbocycles. The highest BCUT2D eigenvalue weighted by atomic mass is 16.5. The molecule has 41 heavy (non-hydrogen) atoms. The van der Waals surface area contributed by atoms with E-state index in [0.29, 0.717) is 22.8 Å². The number of hydrogen-bond acceptors (Lipinski definition) is 6. The van der Waals surface area contributed by atoms with Gasteiger partial charge in [-0.3, -0.25) is 9.59 Å². The van der Waals surface area contributed by atoms with Crippen LogP contribution in [0.2, 0.25) is 0 Å². The molecule has 0 N–H and O–H groups in total. The van der Waals surface area contributed by atoms with Crippen molar-refractivity contribution in [2.45, 2.75) is 39.4 Å². The third kappa shape index (κ3) is 7.62. The Balaban J connectivity index is 1.71. The first-order valence-electron chi connectivity index (χ1n) is 13.5. The molecule has 4 aromatic carbocycles. The summed E-state index contributed by atoms with van der Waals surface area (Å²) in [6.07, 6.45) is -1.08. The molecule has 0 bridgehead atoms. The smallest absolute Gasteiger partial charge is 0.316 e. The molecule has 0 heterocycles. The monoisotopic (exact) mass is 552 g/mol. The summed E-state index contributed by atoms with van der Waals surface area (Å²) < 4.78 is 23.2. The van der Waals surface area contributed by atoms with Crippen LogP contribution >= 0.6 is 0 Å². The fourth-order valence-electron chi connectivity index (χ4n) is 4.32. The predicted molar refractivity (Wildman–Crippen MR) is 159 cm³/mol. The van der Waals surface area contributed by atoms with E-state index in [1.165, 1.54) is 7.11 Å². The van der Waals surface area contributed by atoms with Gasteiger partial charge in [0.15, 0.2) is 5.78 Å². The van der Waals surface area contributed by atoms with Crippen molar-refractivity contribution in [3.63, 3.8) is 0 Å². The summed E-state index contributed by atoms with van der Waals surface area (Å²) in [7, 11) is 3.09. The number of esters is 1. The second kappa shape index (κ2) is 13.3. The van der Waals surface area contributed by atoms with Crippen molar-refractivity contribution in [1.29, 1.82) is 0 Å². The minimum absolute atomic E-state index is 0.235. The maximum atomic E-state index is 14.2. The van der Waals surface area contributed by atoms with E-state index in [2.05, 4.69) is 0 Å². The van der Waals surface area contributed by atoms with Gasteiger partial charge in [0.25, 0.3) is 0 Å². The first-order valence-corrected chi connectivity index (χ1v) is 13.5. The Morgan fingerprint density at radius 3 is 1.78 bits per heavy atom. The summed E-state index contributed by atoms with van der Waals surface area (Å²) in [5.41, 5.74) is 2.45. The molecule has 0 spiro atoms. The maximum Gasteiger partial charge on any atom is 0.316 e. The minimum Gasteiger partial charge on any atom is -0.497 e. The van der Waals surface area contributed by atoms with Gasteiger partial charge in [-0.1, -0.05) is 72.8 Å². The van der Waals surface area contributed by atoms with Crippen molar-refractivity contribution in [2.75, 3.05) is 14.2 Å². The molecule has 212 valence electrons. The Morgan fingerprint density at radius 2 is 1.27 bits per heavy atom. The molecule has 0 saturated heterocycles. The Labute approximate surface area is 241 Å². The fraction of sp³-hybridized carbons (Fsp3) is 0.257. The highest BCUT2D eigenvalue weighted by Gasteiger charge is 2.29. The first kappa shape index (κ1) is 29.6. The molecule has 0 fully saturated rings.